The first kappa shape index (κ1) is 17.1. The second kappa shape index (κ2) is 7.84. The minimum absolute atomic E-state index is 0.416. The van der Waals surface area contributed by atoms with Crippen LogP contribution in [0.3, 0.4) is 0 Å². The van der Waals surface area contributed by atoms with Crippen molar-refractivity contribution in [3.05, 3.63) is 60.4 Å². The molecule has 1 N–H and O–H groups in total. The standard InChI is InChI=1S/C15H13Br2Cl2NO/c1-20-7-10-4-11(16)15(12(17)5-10)21-8-9-2-3-13(18)14(19)6-9/h2-6,20H,7-8H2,1H3. The van der Waals surface area contributed by atoms with Crippen LogP contribution < -0.4 is 10.1 Å². The number of hydrogen-bond acceptors (Lipinski definition) is 2. The number of rotatable bonds is 5. The Labute approximate surface area is 151 Å². The van der Waals surface area contributed by atoms with Gasteiger partial charge in [0.25, 0.3) is 0 Å². The monoisotopic (exact) mass is 451 g/mol. The molecule has 0 bridgehead atoms. The van der Waals surface area contributed by atoms with Gasteiger partial charge in [-0.05, 0) is 74.3 Å². The summed E-state index contributed by atoms with van der Waals surface area (Å²) < 4.78 is 7.68. The van der Waals surface area contributed by atoms with Crippen molar-refractivity contribution >= 4 is 55.1 Å². The molecule has 2 aromatic carbocycles. The molecule has 0 aliphatic carbocycles. The average Bonchev–Trinajstić information content (AvgIpc) is 2.42. The molecule has 0 amide bonds. The Morgan fingerprint density at radius 3 is 2.24 bits per heavy atom. The van der Waals surface area contributed by atoms with Crippen LogP contribution in [0.2, 0.25) is 10.0 Å². The van der Waals surface area contributed by atoms with Crippen molar-refractivity contribution in [1.82, 2.24) is 5.32 Å². The summed E-state index contributed by atoms with van der Waals surface area (Å²) in [7, 11) is 1.91. The molecule has 0 fully saturated rings. The number of halogens is 4. The number of hydrogen-bond donors (Lipinski definition) is 1. The van der Waals surface area contributed by atoms with E-state index in [0.29, 0.717) is 16.7 Å². The van der Waals surface area contributed by atoms with E-state index < -0.39 is 0 Å². The molecule has 0 atom stereocenters. The van der Waals surface area contributed by atoms with E-state index in [0.717, 1.165) is 32.4 Å². The third kappa shape index (κ3) is 4.60. The van der Waals surface area contributed by atoms with E-state index in [1.807, 2.05) is 25.2 Å². The Morgan fingerprint density at radius 2 is 1.67 bits per heavy atom. The van der Waals surface area contributed by atoms with Gasteiger partial charge in [0.05, 0.1) is 19.0 Å². The van der Waals surface area contributed by atoms with Crippen LogP contribution in [-0.2, 0) is 13.2 Å². The lowest BCUT2D eigenvalue weighted by molar-refractivity contribution is 0.302. The quantitative estimate of drug-likeness (QED) is 0.616. The predicted molar refractivity (Wildman–Crippen MR) is 95.4 cm³/mol. The van der Waals surface area contributed by atoms with Crippen LogP contribution in [0.15, 0.2) is 39.3 Å². The summed E-state index contributed by atoms with van der Waals surface area (Å²) in [5, 5.41) is 4.19. The van der Waals surface area contributed by atoms with E-state index in [9.17, 15) is 0 Å². The number of ether oxygens (including phenoxy) is 1. The maximum absolute atomic E-state index is 6.00. The van der Waals surface area contributed by atoms with Crippen LogP contribution in [0.25, 0.3) is 0 Å². The first-order valence-electron chi connectivity index (χ1n) is 6.20. The lowest BCUT2D eigenvalue weighted by atomic mass is 10.2. The van der Waals surface area contributed by atoms with Gasteiger partial charge in [0.1, 0.15) is 12.4 Å². The third-order valence-electron chi connectivity index (χ3n) is 2.81. The van der Waals surface area contributed by atoms with Gasteiger partial charge in [0.2, 0.25) is 0 Å². The zero-order valence-electron chi connectivity index (χ0n) is 11.2. The van der Waals surface area contributed by atoms with Gasteiger partial charge in [-0.25, -0.2) is 0 Å². The van der Waals surface area contributed by atoms with Gasteiger partial charge >= 0.3 is 0 Å². The van der Waals surface area contributed by atoms with Gasteiger partial charge < -0.3 is 10.1 Å². The van der Waals surface area contributed by atoms with Crippen LogP contribution in [0.4, 0.5) is 0 Å². The van der Waals surface area contributed by atoms with Crippen LogP contribution in [0.5, 0.6) is 5.75 Å². The van der Waals surface area contributed by atoms with Crippen LogP contribution in [-0.4, -0.2) is 7.05 Å². The minimum Gasteiger partial charge on any atom is -0.487 e. The molecule has 0 saturated heterocycles. The van der Waals surface area contributed by atoms with E-state index in [1.165, 1.54) is 0 Å². The largest absolute Gasteiger partial charge is 0.487 e. The molecule has 0 unspecified atom stereocenters. The molecule has 0 spiro atoms. The second-order valence-electron chi connectivity index (χ2n) is 4.46. The van der Waals surface area contributed by atoms with Crippen molar-refractivity contribution in [2.45, 2.75) is 13.2 Å². The molecular weight excluding hydrogens is 441 g/mol. The summed E-state index contributed by atoms with van der Waals surface area (Å²) in [6.45, 7) is 1.21. The van der Waals surface area contributed by atoms with Crippen LogP contribution >= 0.6 is 55.1 Å². The van der Waals surface area contributed by atoms with E-state index in [4.69, 9.17) is 27.9 Å². The van der Waals surface area contributed by atoms with E-state index in [-0.39, 0.29) is 0 Å². The first-order chi connectivity index (χ1) is 10.0. The Bertz CT molecular complexity index is 627. The normalized spacial score (nSPS) is 10.7. The molecule has 112 valence electrons. The summed E-state index contributed by atoms with van der Waals surface area (Å²) >= 11 is 19.0. The fraction of sp³-hybridized carbons (Fsp3) is 0.200. The molecule has 21 heavy (non-hydrogen) atoms. The first-order valence-corrected chi connectivity index (χ1v) is 8.54. The van der Waals surface area contributed by atoms with Crippen molar-refractivity contribution in [3.8, 4) is 5.75 Å². The highest BCUT2D eigenvalue weighted by atomic mass is 79.9. The third-order valence-corrected chi connectivity index (χ3v) is 4.72. The fourth-order valence-corrected chi connectivity index (χ4v) is 3.67. The summed E-state index contributed by atoms with van der Waals surface area (Å²) in [4.78, 5) is 0. The molecule has 2 nitrogen and oxygen atoms in total. The van der Waals surface area contributed by atoms with Crippen LogP contribution in [0.1, 0.15) is 11.1 Å². The van der Waals surface area contributed by atoms with Crippen LogP contribution in [0, 0.1) is 0 Å². The molecule has 0 radical (unpaired) electrons. The molecule has 0 aliphatic rings. The molecular formula is C15H13Br2Cl2NO. The molecule has 0 saturated carbocycles. The molecule has 0 aliphatic heterocycles. The number of benzene rings is 2. The van der Waals surface area contributed by atoms with E-state index in [2.05, 4.69) is 37.2 Å². The SMILES string of the molecule is CNCc1cc(Br)c(OCc2ccc(Cl)c(Cl)c2)c(Br)c1. The fourth-order valence-electron chi connectivity index (χ4n) is 1.84. The van der Waals surface area contributed by atoms with Crippen molar-refractivity contribution in [2.24, 2.45) is 0 Å². The highest BCUT2D eigenvalue weighted by Gasteiger charge is 2.10. The molecule has 2 rings (SSSR count). The van der Waals surface area contributed by atoms with Gasteiger partial charge in [-0.15, -0.1) is 0 Å². The maximum Gasteiger partial charge on any atom is 0.148 e. The summed E-state index contributed by atoms with van der Waals surface area (Å²) in [5.74, 6) is 0.765. The molecule has 0 aromatic heterocycles. The zero-order valence-corrected chi connectivity index (χ0v) is 15.9. The predicted octanol–water partition coefficient (Wildman–Crippen LogP) is 5.82. The minimum atomic E-state index is 0.416. The highest BCUT2D eigenvalue weighted by Crippen LogP contribution is 2.35. The Kier molecular flexibility index (Phi) is 6.38. The summed E-state index contributed by atoms with van der Waals surface area (Å²) in [6.07, 6.45) is 0. The number of nitrogens with one attached hydrogen (secondary N) is 1. The lowest BCUT2D eigenvalue weighted by Crippen LogP contribution is -2.05. The molecule has 6 heteroatoms. The zero-order chi connectivity index (χ0) is 15.4. The van der Waals surface area contributed by atoms with Gasteiger partial charge in [-0.1, -0.05) is 29.3 Å². The molecule has 2 aromatic rings. The maximum atomic E-state index is 6.00. The smallest absolute Gasteiger partial charge is 0.148 e. The van der Waals surface area contributed by atoms with Crippen molar-refractivity contribution in [3.63, 3.8) is 0 Å². The van der Waals surface area contributed by atoms with E-state index >= 15 is 0 Å². The van der Waals surface area contributed by atoms with Gasteiger partial charge in [-0.2, -0.15) is 0 Å². The topological polar surface area (TPSA) is 21.3 Å². The second-order valence-corrected chi connectivity index (χ2v) is 6.98. The Hall–Kier alpha value is -0.260. The average molecular weight is 454 g/mol. The van der Waals surface area contributed by atoms with E-state index in [1.54, 1.807) is 12.1 Å². The van der Waals surface area contributed by atoms with Gasteiger partial charge in [-0.3, -0.25) is 0 Å². The summed E-state index contributed by atoms with van der Waals surface area (Å²) in [5.41, 5.74) is 2.13. The Morgan fingerprint density at radius 1 is 1.00 bits per heavy atom. The van der Waals surface area contributed by atoms with Crippen molar-refractivity contribution < 1.29 is 4.74 Å². The van der Waals surface area contributed by atoms with Crippen molar-refractivity contribution in [2.75, 3.05) is 7.05 Å². The molecule has 0 heterocycles. The van der Waals surface area contributed by atoms with Gasteiger partial charge in [0.15, 0.2) is 0 Å². The highest BCUT2D eigenvalue weighted by molar-refractivity contribution is 9.11. The van der Waals surface area contributed by atoms with Gasteiger partial charge in [0, 0.05) is 6.54 Å². The lowest BCUT2D eigenvalue weighted by Gasteiger charge is -2.12. The summed E-state index contributed by atoms with van der Waals surface area (Å²) in [6, 6.07) is 9.53. The van der Waals surface area contributed by atoms with Crippen molar-refractivity contribution in [1.29, 1.82) is 0 Å². The Balaban J connectivity index is 2.14.